The van der Waals surface area contributed by atoms with Gasteiger partial charge in [0.2, 0.25) is 11.8 Å². The second-order valence-electron chi connectivity index (χ2n) is 11.4. The highest BCUT2D eigenvalue weighted by Gasteiger charge is 2.34. The predicted octanol–water partition coefficient (Wildman–Crippen LogP) is 5.69. The van der Waals surface area contributed by atoms with Gasteiger partial charge in [-0.3, -0.25) is 24.6 Å². The Morgan fingerprint density at radius 3 is 1.75 bits per heavy atom. The van der Waals surface area contributed by atoms with Crippen LogP contribution in [0.3, 0.4) is 0 Å². The maximum Gasteiger partial charge on any atom is 0.219 e. The number of pyridine rings is 1. The van der Waals surface area contributed by atoms with E-state index >= 15 is 0 Å². The summed E-state index contributed by atoms with van der Waals surface area (Å²) in [5.74, 6) is 0.272. The summed E-state index contributed by atoms with van der Waals surface area (Å²) in [7, 11) is 0. The normalized spacial score (nSPS) is 21.4. The maximum absolute atomic E-state index is 12.1. The summed E-state index contributed by atoms with van der Waals surface area (Å²) in [4.78, 5) is 42.7. The molecule has 7 nitrogen and oxygen atoms in total. The Morgan fingerprint density at radius 1 is 0.700 bits per heavy atom. The third-order valence-corrected chi connectivity index (χ3v) is 8.91. The molecule has 0 radical (unpaired) electrons. The van der Waals surface area contributed by atoms with Crippen LogP contribution in [0.5, 0.6) is 0 Å². The molecule has 2 fully saturated rings. The second-order valence-corrected chi connectivity index (χ2v) is 11.4. The van der Waals surface area contributed by atoms with E-state index < -0.39 is 0 Å². The number of nitrogens with zero attached hydrogens (tertiary/aromatic N) is 5. The summed E-state index contributed by atoms with van der Waals surface area (Å²) < 4.78 is 0. The van der Waals surface area contributed by atoms with Crippen molar-refractivity contribution in [3.8, 4) is 22.4 Å². The Kier molecular flexibility index (Phi) is 6.10. The standard InChI is InChI=1S/C33H33N5O2/c1-20(39)37-13-3-5-32(37)30-17-25-15-22(7-11-28(25)35-30)24-9-10-27(34-19-24)23-8-12-29-26(16-23)18-31(36-29)33-6-4-14-38(33)21(2)40/h7-12,15-16,19,32-33H,3-6,13-14,17-18H2,1-2H3/t32-,33-/m0/s1. The topological polar surface area (TPSA) is 78.2 Å². The van der Waals surface area contributed by atoms with Crippen molar-refractivity contribution < 1.29 is 9.59 Å². The summed E-state index contributed by atoms with van der Waals surface area (Å²) in [6.45, 7) is 4.97. The second kappa shape index (κ2) is 9.81. The van der Waals surface area contributed by atoms with Crippen LogP contribution in [0.15, 0.2) is 64.7 Å². The number of amides is 2. The monoisotopic (exact) mass is 531 g/mol. The first-order valence-corrected chi connectivity index (χ1v) is 14.4. The highest BCUT2D eigenvalue weighted by Crippen LogP contribution is 2.36. The number of aromatic nitrogens is 1. The molecule has 2 aromatic carbocycles. The lowest BCUT2D eigenvalue weighted by Crippen LogP contribution is -2.39. The molecule has 2 saturated heterocycles. The van der Waals surface area contributed by atoms with Crippen molar-refractivity contribution in [1.82, 2.24) is 14.8 Å². The van der Waals surface area contributed by atoms with Gasteiger partial charge in [0.05, 0.1) is 29.2 Å². The van der Waals surface area contributed by atoms with Gasteiger partial charge in [-0.05, 0) is 72.7 Å². The molecule has 1 aromatic heterocycles. The molecule has 7 rings (SSSR count). The van der Waals surface area contributed by atoms with Gasteiger partial charge in [-0.25, -0.2) is 0 Å². The predicted molar refractivity (Wildman–Crippen MR) is 158 cm³/mol. The zero-order valence-corrected chi connectivity index (χ0v) is 23.1. The summed E-state index contributed by atoms with van der Waals surface area (Å²) in [6, 6.07) is 17.3. The van der Waals surface area contributed by atoms with Crippen LogP contribution in [0.2, 0.25) is 0 Å². The van der Waals surface area contributed by atoms with Gasteiger partial charge in [-0.2, -0.15) is 0 Å². The smallest absolute Gasteiger partial charge is 0.219 e. The molecule has 0 unspecified atom stereocenters. The number of benzene rings is 2. The van der Waals surface area contributed by atoms with E-state index in [1.165, 1.54) is 11.1 Å². The Morgan fingerprint density at radius 2 is 1.23 bits per heavy atom. The molecule has 202 valence electrons. The molecule has 0 aliphatic carbocycles. The first-order valence-electron chi connectivity index (χ1n) is 14.4. The number of carbonyl (C=O) groups is 2. The molecule has 7 heteroatoms. The minimum Gasteiger partial charge on any atom is -0.335 e. The van der Waals surface area contributed by atoms with Crippen LogP contribution >= 0.6 is 0 Å². The van der Waals surface area contributed by atoms with E-state index in [1.807, 2.05) is 16.0 Å². The molecule has 0 N–H and O–H groups in total. The Labute approximate surface area is 234 Å². The van der Waals surface area contributed by atoms with Crippen molar-refractivity contribution in [2.24, 2.45) is 9.98 Å². The van der Waals surface area contributed by atoms with E-state index in [9.17, 15) is 9.59 Å². The summed E-state index contributed by atoms with van der Waals surface area (Å²) in [6.07, 6.45) is 7.61. The van der Waals surface area contributed by atoms with Crippen molar-refractivity contribution in [2.45, 2.75) is 64.5 Å². The van der Waals surface area contributed by atoms with Crippen LogP contribution in [0.25, 0.3) is 22.4 Å². The van der Waals surface area contributed by atoms with Gasteiger partial charge >= 0.3 is 0 Å². The van der Waals surface area contributed by atoms with Crippen LogP contribution in [-0.2, 0) is 22.4 Å². The van der Waals surface area contributed by atoms with Crippen molar-refractivity contribution >= 4 is 34.6 Å². The number of likely N-dealkylation sites (tertiary alicyclic amines) is 2. The van der Waals surface area contributed by atoms with Gasteiger partial charge in [0.1, 0.15) is 0 Å². The zero-order valence-electron chi connectivity index (χ0n) is 23.1. The molecular formula is C33H33N5O2. The molecule has 0 saturated carbocycles. The van der Waals surface area contributed by atoms with Gasteiger partial charge in [-0.15, -0.1) is 0 Å². The summed E-state index contributed by atoms with van der Waals surface area (Å²) in [5, 5.41) is 0. The van der Waals surface area contributed by atoms with Gasteiger partial charge in [0, 0.05) is 68.5 Å². The van der Waals surface area contributed by atoms with Gasteiger partial charge in [0.15, 0.2) is 0 Å². The summed E-state index contributed by atoms with van der Waals surface area (Å²) >= 11 is 0. The largest absolute Gasteiger partial charge is 0.335 e. The molecule has 0 bridgehead atoms. The Hall–Kier alpha value is -4.13. The Bertz CT molecular complexity index is 1470. The van der Waals surface area contributed by atoms with Gasteiger partial charge in [0.25, 0.3) is 0 Å². The van der Waals surface area contributed by atoms with E-state index in [0.29, 0.717) is 0 Å². The third kappa shape index (κ3) is 4.34. The number of fused-ring (bicyclic) bond motifs is 2. The molecule has 40 heavy (non-hydrogen) atoms. The Balaban J connectivity index is 1.06. The molecule has 5 heterocycles. The lowest BCUT2D eigenvalue weighted by molar-refractivity contribution is -0.129. The summed E-state index contributed by atoms with van der Waals surface area (Å²) in [5.41, 5.74) is 10.9. The average molecular weight is 532 g/mol. The van der Waals surface area contributed by atoms with Crippen molar-refractivity contribution in [3.63, 3.8) is 0 Å². The van der Waals surface area contributed by atoms with Crippen LogP contribution < -0.4 is 0 Å². The molecule has 3 aromatic rings. The first kappa shape index (κ1) is 24.9. The third-order valence-electron chi connectivity index (χ3n) is 8.91. The number of hydrogen-bond acceptors (Lipinski definition) is 5. The molecule has 4 aliphatic heterocycles. The van der Waals surface area contributed by atoms with E-state index in [0.717, 1.165) is 96.8 Å². The molecule has 2 atom stereocenters. The molecule has 2 amide bonds. The fourth-order valence-corrected chi connectivity index (χ4v) is 6.89. The van der Waals surface area contributed by atoms with E-state index in [-0.39, 0.29) is 23.9 Å². The first-order chi connectivity index (χ1) is 19.4. The highest BCUT2D eigenvalue weighted by atomic mass is 16.2. The molecule has 0 spiro atoms. The van der Waals surface area contributed by atoms with Crippen molar-refractivity contribution in [2.75, 3.05) is 13.1 Å². The molecule has 4 aliphatic rings. The number of hydrogen-bond donors (Lipinski definition) is 0. The van der Waals surface area contributed by atoms with Crippen LogP contribution in [-0.4, -0.2) is 63.2 Å². The van der Waals surface area contributed by atoms with Crippen LogP contribution in [0, 0.1) is 0 Å². The van der Waals surface area contributed by atoms with Crippen LogP contribution in [0.4, 0.5) is 11.4 Å². The van der Waals surface area contributed by atoms with E-state index in [2.05, 4.69) is 48.5 Å². The lowest BCUT2D eigenvalue weighted by Gasteiger charge is -2.23. The quantitative estimate of drug-likeness (QED) is 0.434. The zero-order chi connectivity index (χ0) is 27.4. The fourth-order valence-electron chi connectivity index (χ4n) is 6.89. The van der Waals surface area contributed by atoms with Gasteiger partial charge in [-0.1, -0.05) is 18.2 Å². The van der Waals surface area contributed by atoms with E-state index in [4.69, 9.17) is 15.0 Å². The number of carbonyl (C=O) groups excluding carboxylic acids is 2. The van der Waals surface area contributed by atoms with Crippen LogP contribution in [0.1, 0.15) is 50.7 Å². The SMILES string of the molecule is CC(=O)N1CCC[C@H]1C1=Nc2ccc(-c3ccc(-c4ccc5c(c4)CC([C@@H]4CCCN4C(C)=O)=N5)nc3)cc2C1. The van der Waals surface area contributed by atoms with Crippen molar-refractivity contribution in [1.29, 1.82) is 0 Å². The van der Waals surface area contributed by atoms with Crippen molar-refractivity contribution in [3.05, 3.63) is 65.9 Å². The maximum atomic E-state index is 12.1. The lowest BCUT2D eigenvalue weighted by atomic mass is 9.98. The fraction of sp³-hybridized carbons (Fsp3) is 0.364. The van der Waals surface area contributed by atoms with Gasteiger partial charge < -0.3 is 9.80 Å². The van der Waals surface area contributed by atoms with E-state index in [1.54, 1.807) is 13.8 Å². The number of aliphatic imine (C=N–C) groups is 2. The average Bonchev–Trinajstić information content (AvgIpc) is 3.76. The highest BCUT2D eigenvalue weighted by molar-refractivity contribution is 6.01. The minimum atomic E-state index is 0.130. The number of rotatable bonds is 4. The molecular weight excluding hydrogens is 498 g/mol. The minimum absolute atomic E-state index is 0.130.